The quantitative estimate of drug-likeness (QED) is 0.883. The summed E-state index contributed by atoms with van der Waals surface area (Å²) in [6.45, 7) is 2.06. The van der Waals surface area contributed by atoms with Crippen molar-refractivity contribution in [2.24, 2.45) is 5.73 Å². The zero-order chi connectivity index (χ0) is 15.2. The highest BCUT2D eigenvalue weighted by Crippen LogP contribution is 2.24. The summed E-state index contributed by atoms with van der Waals surface area (Å²) in [5, 5.41) is 2.04. The molecule has 0 fully saturated rings. The fourth-order valence-corrected chi connectivity index (χ4v) is 3.08. The number of hydrogen-bond donors (Lipinski definition) is 1. The van der Waals surface area contributed by atoms with E-state index in [-0.39, 0.29) is 18.0 Å². The Hall–Kier alpha value is -1.65. The zero-order valence-corrected chi connectivity index (χ0v) is 13.3. The van der Waals surface area contributed by atoms with Crippen LogP contribution in [0, 0.1) is 0 Å². The van der Waals surface area contributed by atoms with Crippen molar-refractivity contribution in [3.8, 4) is 0 Å². The van der Waals surface area contributed by atoms with E-state index in [2.05, 4.69) is 13.0 Å². The van der Waals surface area contributed by atoms with Gasteiger partial charge in [-0.3, -0.25) is 4.79 Å². The second-order valence-corrected chi connectivity index (χ2v) is 6.23. The molecule has 2 unspecified atom stereocenters. The molecule has 0 aliphatic carbocycles. The molecule has 0 radical (unpaired) electrons. The molecule has 2 atom stereocenters. The van der Waals surface area contributed by atoms with Crippen LogP contribution in [0.3, 0.4) is 0 Å². The van der Waals surface area contributed by atoms with Gasteiger partial charge in [-0.1, -0.05) is 36.4 Å². The lowest BCUT2D eigenvalue weighted by molar-refractivity contribution is -0.131. The topological polar surface area (TPSA) is 46.3 Å². The zero-order valence-electron chi connectivity index (χ0n) is 12.5. The number of nitrogens with zero attached hydrogens (tertiary/aromatic N) is 1. The third-order valence-electron chi connectivity index (χ3n) is 3.83. The molecule has 0 spiro atoms. The second kappa shape index (κ2) is 7.38. The number of carbonyl (C=O) groups is 1. The summed E-state index contributed by atoms with van der Waals surface area (Å²) in [5.41, 5.74) is 7.23. The molecule has 1 aromatic carbocycles. The van der Waals surface area contributed by atoms with Crippen LogP contribution in [-0.2, 0) is 4.79 Å². The molecule has 4 heteroatoms. The summed E-state index contributed by atoms with van der Waals surface area (Å²) in [6, 6.07) is 14.0. The lowest BCUT2D eigenvalue weighted by Crippen LogP contribution is -2.29. The molecule has 2 N–H and O–H groups in total. The molecule has 0 aliphatic heterocycles. The molecule has 3 nitrogen and oxygen atoms in total. The normalized spacial score (nSPS) is 13.7. The summed E-state index contributed by atoms with van der Waals surface area (Å²) < 4.78 is 0. The van der Waals surface area contributed by atoms with Crippen molar-refractivity contribution >= 4 is 17.2 Å². The third kappa shape index (κ3) is 4.16. The first-order chi connectivity index (χ1) is 10.1. The number of thiophene rings is 1. The number of rotatable bonds is 6. The smallest absolute Gasteiger partial charge is 0.222 e. The van der Waals surface area contributed by atoms with Gasteiger partial charge >= 0.3 is 0 Å². The Balaban J connectivity index is 1.87. The van der Waals surface area contributed by atoms with Crippen LogP contribution in [0.25, 0.3) is 0 Å². The monoisotopic (exact) mass is 302 g/mol. The molecule has 0 aliphatic rings. The van der Waals surface area contributed by atoms with Gasteiger partial charge in [-0.05, 0) is 30.4 Å². The van der Waals surface area contributed by atoms with Gasteiger partial charge in [0, 0.05) is 24.4 Å². The minimum Gasteiger partial charge on any atom is -0.338 e. The molecule has 1 aromatic heterocycles. The molecular weight excluding hydrogens is 280 g/mol. The lowest BCUT2D eigenvalue weighted by Gasteiger charge is -2.24. The van der Waals surface area contributed by atoms with Crippen LogP contribution >= 0.6 is 11.3 Å². The van der Waals surface area contributed by atoms with E-state index in [0.29, 0.717) is 12.8 Å². The Bertz CT molecular complexity index is 553. The number of benzene rings is 1. The first-order valence-electron chi connectivity index (χ1n) is 7.19. The number of carbonyl (C=O) groups excluding carboxylic acids is 1. The second-order valence-electron chi connectivity index (χ2n) is 5.25. The highest BCUT2D eigenvalue weighted by atomic mass is 32.1. The summed E-state index contributed by atoms with van der Waals surface area (Å²) in [5.74, 6) is 0.141. The van der Waals surface area contributed by atoms with Crippen molar-refractivity contribution in [2.45, 2.75) is 31.8 Å². The standard InChI is InChI=1S/C17H22N2OS/c1-13(16-9-6-12-21-16)19(2)17(20)11-10-15(18)14-7-4-3-5-8-14/h3-9,12-13,15H,10-11,18H2,1-2H3. The van der Waals surface area contributed by atoms with E-state index in [1.807, 2.05) is 53.7 Å². The molecule has 0 saturated heterocycles. The third-order valence-corrected chi connectivity index (χ3v) is 4.87. The van der Waals surface area contributed by atoms with E-state index in [0.717, 1.165) is 5.56 Å². The molecule has 0 saturated carbocycles. The minimum atomic E-state index is -0.0828. The van der Waals surface area contributed by atoms with Gasteiger partial charge in [0.05, 0.1) is 6.04 Å². The average Bonchev–Trinajstić information content (AvgIpc) is 3.06. The van der Waals surface area contributed by atoms with Gasteiger partial charge in [0.25, 0.3) is 0 Å². The molecule has 112 valence electrons. The summed E-state index contributed by atoms with van der Waals surface area (Å²) in [4.78, 5) is 15.3. The van der Waals surface area contributed by atoms with E-state index >= 15 is 0 Å². The lowest BCUT2D eigenvalue weighted by atomic mass is 10.0. The fourth-order valence-electron chi connectivity index (χ4n) is 2.26. The van der Waals surface area contributed by atoms with E-state index in [1.165, 1.54) is 4.88 Å². The maximum Gasteiger partial charge on any atom is 0.222 e. The van der Waals surface area contributed by atoms with Crippen LogP contribution in [0.5, 0.6) is 0 Å². The fraction of sp³-hybridized carbons (Fsp3) is 0.353. The molecule has 2 rings (SSSR count). The highest BCUT2D eigenvalue weighted by Gasteiger charge is 2.18. The highest BCUT2D eigenvalue weighted by molar-refractivity contribution is 7.10. The van der Waals surface area contributed by atoms with Gasteiger partial charge in [0.1, 0.15) is 0 Å². The van der Waals surface area contributed by atoms with Crippen molar-refractivity contribution in [3.05, 3.63) is 58.3 Å². The molecule has 1 amide bonds. The number of nitrogens with two attached hydrogens (primary N) is 1. The Morgan fingerprint density at radius 1 is 1.24 bits per heavy atom. The summed E-state index contributed by atoms with van der Waals surface area (Å²) in [7, 11) is 1.86. The number of amides is 1. The summed E-state index contributed by atoms with van der Waals surface area (Å²) in [6.07, 6.45) is 1.15. The first-order valence-corrected chi connectivity index (χ1v) is 8.07. The van der Waals surface area contributed by atoms with E-state index < -0.39 is 0 Å². The van der Waals surface area contributed by atoms with Crippen LogP contribution in [0.2, 0.25) is 0 Å². The van der Waals surface area contributed by atoms with Crippen molar-refractivity contribution in [1.29, 1.82) is 0 Å². The molecule has 1 heterocycles. The molecular formula is C17H22N2OS. The van der Waals surface area contributed by atoms with Gasteiger partial charge in [-0.15, -0.1) is 11.3 Å². The van der Waals surface area contributed by atoms with Crippen LogP contribution < -0.4 is 5.73 Å². The molecule has 21 heavy (non-hydrogen) atoms. The van der Waals surface area contributed by atoms with Gasteiger partial charge in [-0.2, -0.15) is 0 Å². The van der Waals surface area contributed by atoms with Crippen molar-refractivity contribution in [1.82, 2.24) is 4.90 Å². The van der Waals surface area contributed by atoms with Crippen molar-refractivity contribution < 1.29 is 4.79 Å². The van der Waals surface area contributed by atoms with Gasteiger partial charge in [0.15, 0.2) is 0 Å². The Morgan fingerprint density at radius 2 is 1.95 bits per heavy atom. The van der Waals surface area contributed by atoms with Crippen molar-refractivity contribution in [2.75, 3.05) is 7.05 Å². The summed E-state index contributed by atoms with van der Waals surface area (Å²) >= 11 is 1.68. The maximum atomic E-state index is 12.3. The van der Waals surface area contributed by atoms with Crippen molar-refractivity contribution in [3.63, 3.8) is 0 Å². The van der Waals surface area contributed by atoms with Crippen LogP contribution in [0.15, 0.2) is 47.8 Å². The largest absolute Gasteiger partial charge is 0.338 e. The Morgan fingerprint density at radius 3 is 2.57 bits per heavy atom. The van der Waals surface area contributed by atoms with Gasteiger partial charge in [-0.25, -0.2) is 0 Å². The maximum absolute atomic E-state index is 12.3. The van der Waals surface area contributed by atoms with E-state index in [4.69, 9.17) is 5.73 Å². The average molecular weight is 302 g/mol. The predicted octanol–water partition coefficient (Wildman–Crippen LogP) is 3.75. The minimum absolute atomic E-state index is 0.0828. The Kier molecular flexibility index (Phi) is 5.53. The van der Waals surface area contributed by atoms with E-state index in [1.54, 1.807) is 11.3 Å². The predicted molar refractivity (Wildman–Crippen MR) is 88.1 cm³/mol. The van der Waals surface area contributed by atoms with Gasteiger partial charge in [0.2, 0.25) is 5.91 Å². The van der Waals surface area contributed by atoms with Crippen LogP contribution in [0.1, 0.15) is 42.3 Å². The number of hydrogen-bond acceptors (Lipinski definition) is 3. The SMILES string of the molecule is CC(c1cccs1)N(C)C(=O)CCC(N)c1ccccc1. The molecule has 0 bridgehead atoms. The van der Waals surface area contributed by atoms with Crippen LogP contribution in [-0.4, -0.2) is 17.9 Å². The first kappa shape index (κ1) is 15.7. The Labute approximate surface area is 130 Å². The van der Waals surface area contributed by atoms with E-state index in [9.17, 15) is 4.79 Å². The van der Waals surface area contributed by atoms with Crippen LogP contribution in [0.4, 0.5) is 0 Å². The van der Waals surface area contributed by atoms with Gasteiger partial charge < -0.3 is 10.6 Å². The molecule has 2 aromatic rings.